The molecule has 1 amide bonds. The zero-order chi connectivity index (χ0) is 24.8. The molecule has 178 valence electrons. The summed E-state index contributed by atoms with van der Waals surface area (Å²) in [5.41, 5.74) is 5.51. The van der Waals surface area contributed by atoms with Crippen LogP contribution in [0.1, 0.15) is 11.1 Å². The lowest BCUT2D eigenvalue weighted by atomic mass is 9.98. The van der Waals surface area contributed by atoms with Crippen LogP contribution in [0.4, 0.5) is 5.69 Å². The Morgan fingerprint density at radius 3 is 2.31 bits per heavy atom. The Balaban J connectivity index is 1.49. The molecule has 0 aliphatic heterocycles. The van der Waals surface area contributed by atoms with Gasteiger partial charge in [-0.05, 0) is 66.1 Å². The van der Waals surface area contributed by atoms with Crippen molar-refractivity contribution in [2.75, 3.05) is 26.6 Å². The Kier molecular flexibility index (Phi) is 7.16. The molecule has 4 rings (SSSR count). The first-order valence-electron chi connectivity index (χ1n) is 10.9. The van der Waals surface area contributed by atoms with E-state index in [-0.39, 0.29) is 5.91 Å². The number of hydrogen-bond donors (Lipinski definition) is 1. The van der Waals surface area contributed by atoms with E-state index in [2.05, 4.69) is 17.2 Å². The zero-order valence-electron chi connectivity index (χ0n) is 20.0. The lowest BCUT2D eigenvalue weighted by molar-refractivity contribution is -0.111. The number of anilines is 1. The summed E-state index contributed by atoms with van der Waals surface area (Å²) in [6, 6.07) is 17.3. The van der Waals surface area contributed by atoms with Crippen molar-refractivity contribution in [2.24, 2.45) is 0 Å². The molecule has 0 fully saturated rings. The third-order valence-electron chi connectivity index (χ3n) is 5.53. The van der Waals surface area contributed by atoms with Crippen LogP contribution in [-0.4, -0.2) is 32.2 Å². The first-order valence-corrected chi connectivity index (χ1v) is 10.9. The number of ether oxygens (including phenoxy) is 3. The Labute approximate surface area is 204 Å². The van der Waals surface area contributed by atoms with Crippen LogP contribution in [0.15, 0.2) is 77.6 Å². The van der Waals surface area contributed by atoms with Crippen molar-refractivity contribution in [1.29, 1.82) is 0 Å². The van der Waals surface area contributed by atoms with Crippen molar-refractivity contribution in [1.82, 2.24) is 4.98 Å². The van der Waals surface area contributed by atoms with Gasteiger partial charge in [-0.2, -0.15) is 0 Å². The predicted octanol–water partition coefficient (Wildman–Crippen LogP) is 5.99. The summed E-state index contributed by atoms with van der Waals surface area (Å²) in [6.07, 6.45) is 6.30. The average molecular weight is 471 g/mol. The SMILES string of the molecule is COc1ccc(C=CC(=O)Nc2ccc(-c3cc(-c4ncco4)ccc3C)cc2)c(OC)c1OC. The molecular weight excluding hydrogens is 444 g/mol. The number of nitrogens with zero attached hydrogens (tertiary/aromatic N) is 1. The van der Waals surface area contributed by atoms with Crippen LogP contribution in [0.25, 0.3) is 28.7 Å². The highest BCUT2D eigenvalue weighted by molar-refractivity contribution is 6.02. The van der Waals surface area contributed by atoms with Gasteiger partial charge in [0, 0.05) is 22.9 Å². The molecule has 0 aliphatic rings. The van der Waals surface area contributed by atoms with E-state index in [4.69, 9.17) is 18.6 Å². The Hall–Kier alpha value is -4.52. The molecule has 7 heteroatoms. The first-order chi connectivity index (χ1) is 17.0. The van der Waals surface area contributed by atoms with Gasteiger partial charge in [-0.15, -0.1) is 0 Å². The third-order valence-corrected chi connectivity index (χ3v) is 5.53. The number of nitrogens with one attached hydrogen (secondary N) is 1. The summed E-state index contributed by atoms with van der Waals surface area (Å²) in [5.74, 6) is 1.81. The summed E-state index contributed by atoms with van der Waals surface area (Å²) in [6.45, 7) is 2.05. The maximum absolute atomic E-state index is 12.5. The lowest BCUT2D eigenvalue weighted by Crippen LogP contribution is -2.07. The van der Waals surface area contributed by atoms with Gasteiger partial charge in [-0.1, -0.05) is 18.2 Å². The van der Waals surface area contributed by atoms with Gasteiger partial charge < -0.3 is 23.9 Å². The molecule has 1 heterocycles. The number of oxazole rings is 1. The van der Waals surface area contributed by atoms with Gasteiger partial charge >= 0.3 is 0 Å². The summed E-state index contributed by atoms with van der Waals surface area (Å²) in [7, 11) is 4.63. The number of rotatable bonds is 8. The van der Waals surface area contributed by atoms with Crippen molar-refractivity contribution in [2.45, 2.75) is 6.92 Å². The second-order valence-corrected chi connectivity index (χ2v) is 7.69. The predicted molar refractivity (Wildman–Crippen MR) is 136 cm³/mol. The molecule has 0 spiro atoms. The van der Waals surface area contributed by atoms with E-state index in [0.29, 0.717) is 34.4 Å². The van der Waals surface area contributed by atoms with Crippen LogP contribution >= 0.6 is 0 Å². The lowest BCUT2D eigenvalue weighted by Gasteiger charge is -2.14. The third kappa shape index (κ3) is 5.19. The van der Waals surface area contributed by atoms with E-state index in [9.17, 15) is 4.79 Å². The van der Waals surface area contributed by atoms with E-state index in [1.807, 2.05) is 42.5 Å². The summed E-state index contributed by atoms with van der Waals surface area (Å²) in [5, 5.41) is 2.88. The Morgan fingerprint density at radius 1 is 0.914 bits per heavy atom. The highest BCUT2D eigenvalue weighted by atomic mass is 16.5. The molecule has 0 aliphatic carbocycles. The molecule has 0 saturated heterocycles. The van der Waals surface area contributed by atoms with Crippen molar-refractivity contribution in [3.05, 3.63) is 84.3 Å². The monoisotopic (exact) mass is 470 g/mol. The van der Waals surface area contributed by atoms with Gasteiger partial charge in [-0.25, -0.2) is 4.98 Å². The summed E-state index contributed by atoms with van der Waals surface area (Å²) >= 11 is 0. The maximum atomic E-state index is 12.5. The van der Waals surface area contributed by atoms with Crippen LogP contribution in [0.5, 0.6) is 17.2 Å². The quantitative estimate of drug-likeness (QED) is 0.318. The molecule has 0 saturated carbocycles. The summed E-state index contributed by atoms with van der Waals surface area (Å²) in [4.78, 5) is 16.8. The number of methoxy groups -OCH3 is 3. The van der Waals surface area contributed by atoms with E-state index >= 15 is 0 Å². The minimum absolute atomic E-state index is 0.267. The highest BCUT2D eigenvalue weighted by Gasteiger charge is 2.14. The Morgan fingerprint density at radius 2 is 1.66 bits per heavy atom. The maximum Gasteiger partial charge on any atom is 0.248 e. The number of aryl methyl sites for hydroxylation is 1. The van der Waals surface area contributed by atoms with Gasteiger partial charge in [0.15, 0.2) is 11.5 Å². The van der Waals surface area contributed by atoms with E-state index in [1.54, 1.807) is 44.9 Å². The molecule has 35 heavy (non-hydrogen) atoms. The van der Waals surface area contributed by atoms with Crippen LogP contribution < -0.4 is 19.5 Å². The minimum Gasteiger partial charge on any atom is -0.493 e. The zero-order valence-corrected chi connectivity index (χ0v) is 20.0. The van der Waals surface area contributed by atoms with E-state index < -0.39 is 0 Å². The van der Waals surface area contributed by atoms with Crippen LogP contribution in [0.3, 0.4) is 0 Å². The van der Waals surface area contributed by atoms with Crippen molar-refractivity contribution >= 4 is 17.7 Å². The van der Waals surface area contributed by atoms with Gasteiger partial charge in [0.05, 0.1) is 27.5 Å². The van der Waals surface area contributed by atoms with E-state index in [0.717, 1.165) is 22.3 Å². The van der Waals surface area contributed by atoms with Crippen LogP contribution in [-0.2, 0) is 4.79 Å². The van der Waals surface area contributed by atoms with Gasteiger partial charge in [-0.3, -0.25) is 4.79 Å². The number of hydrogen-bond acceptors (Lipinski definition) is 6. The molecule has 4 aromatic rings. The fourth-order valence-corrected chi connectivity index (χ4v) is 3.77. The molecule has 7 nitrogen and oxygen atoms in total. The molecule has 1 aromatic heterocycles. The number of carbonyl (C=O) groups is 1. The van der Waals surface area contributed by atoms with Crippen molar-refractivity contribution in [3.63, 3.8) is 0 Å². The second-order valence-electron chi connectivity index (χ2n) is 7.69. The molecule has 0 bridgehead atoms. The minimum atomic E-state index is -0.267. The number of benzene rings is 3. The molecule has 3 aromatic carbocycles. The van der Waals surface area contributed by atoms with Crippen LogP contribution in [0, 0.1) is 6.92 Å². The fourth-order valence-electron chi connectivity index (χ4n) is 3.77. The van der Waals surface area contributed by atoms with Gasteiger partial charge in [0.1, 0.15) is 6.26 Å². The summed E-state index contributed by atoms with van der Waals surface area (Å²) < 4.78 is 21.6. The van der Waals surface area contributed by atoms with Crippen molar-refractivity contribution < 1.29 is 23.4 Å². The molecule has 0 atom stereocenters. The van der Waals surface area contributed by atoms with E-state index in [1.165, 1.54) is 13.2 Å². The molecule has 1 N–H and O–H groups in total. The number of carbonyl (C=O) groups excluding carboxylic acids is 1. The smallest absolute Gasteiger partial charge is 0.248 e. The number of amides is 1. The standard InChI is InChI=1S/C28H26N2O5/c1-18-5-6-21(28-29-15-16-35-28)17-23(18)19-7-11-22(12-8-19)30-25(31)14-10-20-9-13-24(32-2)27(34-4)26(20)33-3/h5-17H,1-4H3,(H,30,31). The second kappa shape index (κ2) is 10.6. The number of aromatic nitrogens is 1. The molecular formula is C28H26N2O5. The normalized spacial score (nSPS) is 10.9. The highest BCUT2D eigenvalue weighted by Crippen LogP contribution is 2.40. The molecule has 0 unspecified atom stereocenters. The first kappa shape index (κ1) is 23.6. The average Bonchev–Trinajstić information content (AvgIpc) is 3.42. The van der Waals surface area contributed by atoms with Gasteiger partial charge in [0.25, 0.3) is 0 Å². The largest absolute Gasteiger partial charge is 0.493 e. The van der Waals surface area contributed by atoms with Gasteiger partial charge in [0.2, 0.25) is 17.5 Å². The van der Waals surface area contributed by atoms with Crippen molar-refractivity contribution in [3.8, 4) is 39.8 Å². The topological polar surface area (TPSA) is 82.8 Å². The fraction of sp³-hybridized carbons (Fsp3) is 0.143. The van der Waals surface area contributed by atoms with Crippen LogP contribution in [0.2, 0.25) is 0 Å². The Bertz CT molecular complexity index is 1340. The molecule has 0 radical (unpaired) electrons.